The number of rotatable bonds is 10. The van der Waals surface area contributed by atoms with Gasteiger partial charge in [0.1, 0.15) is 47.5 Å². The van der Waals surface area contributed by atoms with E-state index in [0.717, 1.165) is 19.3 Å². The van der Waals surface area contributed by atoms with E-state index in [-0.39, 0.29) is 30.2 Å². The number of aliphatic imine (C=N–C) groups is 2. The van der Waals surface area contributed by atoms with Crippen molar-refractivity contribution < 1.29 is 23.8 Å². The van der Waals surface area contributed by atoms with Gasteiger partial charge in [0.15, 0.2) is 5.75 Å². The van der Waals surface area contributed by atoms with Gasteiger partial charge in [0.25, 0.3) is 0 Å². The van der Waals surface area contributed by atoms with Crippen molar-refractivity contribution in [3.05, 3.63) is 114 Å². The molecule has 0 unspecified atom stereocenters. The van der Waals surface area contributed by atoms with E-state index in [1.165, 1.54) is 56.7 Å². The zero-order valence-corrected chi connectivity index (χ0v) is 33.0. The van der Waals surface area contributed by atoms with Gasteiger partial charge in [-0.3, -0.25) is 0 Å². The van der Waals surface area contributed by atoms with E-state index in [4.69, 9.17) is 14.2 Å². The molecule has 2 aromatic carbocycles. The molecule has 6 heterocycles. The Hall–Kier alpha value is -6.76. The topological polar surface area (TPSA) is 182 Å². The monoisotopic (exact) mass is 836 g/mol. The molecular formula is C41H20N6O5S5. The fourth-order valence-corrected chi connectivity index (χ4v) is 11.6. The third kappa shape index (κ3) is 7.12. The molecule has 7 aromatic rings. The molecule has 0 bridgehead atoms. The number of fused-ring (bicyclic) bond motifs is 5. The van der Waals surface area contributed by atoms with E-state index < -0.39 is 17.5 Å². The van der Waals surface area contributed by atoms with Crippen molar-refractivity contribution >= 4 is 99.4 Å². The number of benzene rings is 2. The number of nitriles is 4. The lowest BCUT2D eigenvalue weighted by Gasteiger charge is -2.33. The first-order chi connectivity index (χ1) is 27.8. The van der Waals surface area contributed by atoms with Gasteiger partial charge in [0, 0.05) is 25.1 Å². The van der Waals surface area contributed by atoms with Crippen LogP contribution in [-0.4, -0.2) is 23.4 Å². The Morgan fingerprint density at radius 3 is 1.61 bits per heavy atom. The van der Waals surface area contributed by atoms with Crippen molar-refractivity contribution in [2.45, 2.75) is 18.8 Å². The van der Waals surface area contributed by atoms with E-state index in [2.05, 4.69) is 9.98 Å². The minimum Gasteiger partial charge on any atom is -0.457 e. The van der Waals surface area contributed by atoms with Gasteiger partial charge in [-0.1, -0.05) is 60.7 Å². The van der Waals surface area contributed by atoms with Gasteiger partial charge >= 0.3 is 17.5 Å². The van der Waals surface area contributed by atoms with Gasteiger partial charge in [-0.05, 0) is 47.5 Å². The first kappa shape index (κ1) is 37.2. The molecule has 0 saturated carbocycles. The summed E-state index contributed by atoms with van der Waals surface area (Å²) in [4.78, 5) is 42.1. The van der Waals surface area contributed by atoms with Gasteiger partial charge in [-0.2, -0.15) is 21.0 Å². The van der Waals surface area contributed by atoms with Gasteiger partial charge < -0.3 is 14.2 Å². The van der Waals surface area contributed by atoms with E-state index in [9.17, 15) is 30.6 Å². The van der Waals surface area contributed by atoms with E-state index in [1.807, 2.05) is 48.5 Å². The van der Waals surface area contributed by atoms with Crippen molar-refractivity contribution in [3.63, 3.8) is 0 Å². The van der Waals surface area contributed by atoms with Crippen molar-refractivity contribution in [1.82, 2.24) is 0 Å². The number of thiophene rings is 5. The zero-order valence-electron chi connectivity index (χ0n) is 28.9. The van der Waals surface area contributed by atoms with Crippen LogP contribution in [0.2, 0.25) is 0 Å². The van der Waals surface area contributed by atoms with Crippen molar-refractivity contribution in [3.8, 4) is 59.3 Å². The number of carbonyl (C=O) groups is 2. The van der Waals surface area contributed by atoms with E-state index in [1.54, 1.807) is 72.8 Å². The quantitative estimate of drug-likeness (QED) is 0.0735. The summed E-state index contributed by atoms with van der Waals surface area (Å²) < 4.78 is 20.2. The molecule has 0 saturated heterocycles. The normalized spacial score (nSPS) is 12.0. The van der Waals surface area contributed by atoms with E-state index >= 15 is 0 Å². The summed E-state index contributed by atoms with van der Waals surface area (Å²) in [5, 5.41) is 37.8. The van der Waals surface area contributed by atoms with Crippen LogP contribution in [0.25, 0.3) is 38.7 Å². The number of esters is 2. The van der Waals surface area contributed by atoms with Crippen LogP contribution in [-0.2, 0) is 37.9 Å². The number of carbonyl (C=O) groups excluding carboxylic acids is 2. The predicted molar refractivity (Wildman–Crippen MR) is 221 cm³/mol. The molecule has 8 rings (SSSR count). The van der Waals surface area contributed by atoms with Gasteiger partial charge in [-0.15, -0.1) is 56.7 Å². The van der Waals surface area contributed by atoms with Gasteiger partial charge in [0.05, 0.1) is 19.2 Å². The maximum Gasteiger partial charge on any atom is 0.367 e. The Morgan fingerprint density at radius 2 is 1.11 bits per heavy atom. The molecule has 0 radical (unpaired) electrons. The van der Waals surface area contributed by atoms with Crippen molar-refractivity contribution in [2.24, 2.45) is 9.98 Å². The molecule has 16 heteroatoms. The second-order valence-corrected chi connectivity index (χ2v) is 17.2. The van der Waals surface area contributed by atoms with Crippen molar-refractivity contribution in [2.75, 3.05) is 0 Å². The molecule has 1 aliphatic rings. The molecule has 0 aliphatic carbocycles. The average Bonchev–Trinajstić information content (AvgIpc) is 4.09. The number of hydrogen-bond donors (Lipinski definition) is 0. The largest absolute Gasteiger partial charge is 0.457 e. The summed E-state index contributed by atoms with van der Waals surface area (Å²) >= 11 is 6.77. The number of nitrogens with zero attached hydrogens (tertiary/aromatic N) is 6. The summed E-state index contributed by atoms with van der Waals surface area (Å²) in [5.41, 5.74) is -1.23. The average molecular weight is 837 g/mol. The van der Waals surface area contributed by atoms with Crippen LogP contribution >= 0.6 is 56.7 Å². The van der Waals surface area contributed by atoms with Crippen molar-refractivity contribution in [1.29, 1.82) is 21.0 Å². The number of ether oxygens (including phenoxy) is 3. The maximum atomic E-state index is 14.7. The Bertz CT molecular complexity index is 2860. The molecule has 274 valence electrons. The highest BCUT2D eigenvalue weighted by Gasteiger charge is 2.59. The van der Waals surface area contributed by atoms with E-state index in [0.29, 0.717) is 46.2 Å². The Balaban J connectivity index is 1.27. The Labute approximate surface area is 344 Å². The molecule has 0 N–H and O–H groups in total. The van der Waals surface area contributed by atoms with Crippen LogP contribution < -0.4 is 4.74 Å². The summed E-state index contributed by atoms with van der Waals surface area (Å²) in [6.45, 7) is -0.264. The molecular weight excluding hydrogens is 817 g/mol. The first-order valence-corrected chi connectivity index (χ1v) is 20.7. The first-order valence-electron chi connectivity index (χ1n) is 16.6. The lowest BCUT2D eigenvalue weighted by molar-refractivity contribution is -0.183. The predicted octanol–water partition coefficient (Wildman–Crippen LogP) is 10.5. The molecule has 5 aromatic heterocycles. The molecule has 0 amide bonds. The second kappa shape index (κ2) is 15.8. The molecule has 11 nitrogen and oxygen atoms in total. The number of hydrogen-bond acceptors (Lipinski definition) is 16. The van der Waals surface area contributed by atoms with Crippen LogP contribution in [0.4, 0.5) is 10.0 Å². The standard InChI is InChI=1S/C41H20N6O5S5/c42-17-25(18-43)46-33-13-11-28(53-33)30-15-27-36(55-30)38-35(37-32(57-38)16-31(56-37)29-12-14-34(54-29)47-26(19-44)20-45)52-41(27,39(48)50-21-23-7-3-1-4-8-23)40(49)51-22-24-9-5-2-6-10-24/h1-16H,21-22H2. The highest BCUT2D eigenvalue weighted by molar-refractivity contribution is 7.35. The zero-order chi connectivity index (χ0) is 39.5. The fraction of sp³-hybridized carbons (Fsp3) is 0.0732. The molecule has 0 fully saturated rings. The summed E-state index contributed by atoms with van der Waals surface area (Å²) in [5.74, 6) is -1.57. The lowest BCUT2D eigenvalue weighted by atomic mass is 9.90. The highest BCUT2D eigenvalue weighted by atomic mass is 32.1. The third-order valence-electron chi connectivity index (χ3n) is 8.43. The summed E-state index contributed by atoms with van der Waals surface area (Å²) in [7, 11) is 0. The Morgan fingerprint density at radius 1 is 0.596 bits per heavy atom. The Kier molecular flexibility index (Phi) is 10.3. The summed E-state index contributed by atoms with van der Waals surface area (Å²) in [6.07, 6.45) is 0. The SMILES string of the molecule is N#CC(C#N)=Nc1ccc(-c2cc3c(s2)-c2sc4cc(-c5ccc(N=C(C#N)C#N)s5)sc4c2OC3(C(=O)OCc2ccccc2)C(=O)OCc2ccccc2)s1. The molecule has 0 spiro atoms. The van der Waals surface area contributed by atoms with Crippen LogP contribution in [0.15, 0.2) is 107 Å². The van der Waals surface area contributed by atoms with Crippen LogP contribution in [0, 0.1) is 45.3 Å². The second-order valence-electron chi connectivity index (χ2n) is 12.0. The van der Waals surface area contributed by atoms with Gasteiger partial charge in [0.2, 0.25) is 11.4 Å². The minimum atomic E-state index is -2.37. The maximum absolute atomic E-state index is 14.7. The van der Waals surface area contributed by atoms with Crippen LogP contribution in [0.5, 0.6) is 5.75 Å². The molecule has 1 aliphatic heterocycles. The highest BCUT2D eigenvalue weighted by Crippen LogP contribution is 2.60. The third-order valence-corrected chi connectivity index (χ3v) is 14.5. The van der Waals surface area contributed by atoms with Gasteiger partial charge in [-0.25, -0.2) is 19.6 Å². The lowest BCUT2D eigenvalue weighted by Crippen LogP contribution is -2.52. The van der Waals surface area contributed by atoms with Crippen LogP contribution in [0.3, 0.4) is 0 Å². The fourth-order valence-electron chi connectivity index (χ4n) is 5.83. The minimum absolute atomic E-state index is 0.132. The molecule has 0 atom stereocenters. The van der Waals surface area contributed by atoms with Crippen LogP contribution in [0.1, 0.15) is 16.7 Å². The summed E-state index contributed by atoms with van der Waals surface area (Å²) in [6, 6.07) is 36.1. The smallest absolute Gasteiger partial charge is 0.367 e. The molecule has 57 heavy (non-hydrogen) atoms.